The Kier molecular flexibility index (Phi) is 7.72. The highest BCUT2D eigenvalue weighted by molar-refractivity contribution is 9.10. The lowest BCUT2D eigenvalue weighted by Gasteiger charge is -2.29. The molecule has 0 saturated heterocycles. The van der Waals surface area contributed by atoms with Crippen LogP contribution in [-0.2, 0) is 4.74 Å². The third kappa shape index (κ3) is 6.29. The van der Waals surface area contributed by atoms with Gasteiger partial charge in [-0.3, -0.25) is 0 Å². The molecular weight excluding hydrogens is 396 g/mol. The molecule has 1 aromatic rings. The monoisotopic (exact) mass is 420 g/mol. The van der Waals surface area contributed by atoms with Gasteiger partial charge in [0, 0.05) is 11.9 Å². The van der Waals surface area contributed by atoms with Gasteiger partial charge in [0.15, 0.2) is 0 Å². The number of halogens is 2. The molecule has 0 amide bonds. The fourth-order valence-corrected chi connectivity index (χ4v) is 3.22. The summed E-state index contributed by atoms with van der Waals surface area (Å²) in [6.45, 7) is 10.3. The zero-order valence-electron chi connectivity index (χ0n) is 13.6. The van der Waals surface area contributed by atoms with Gasteiger partial charge in [-0.1, -0.05) is 49.7 Å². The summed E-state index contributed by atoms with van der Waals surface area (Å²) >= 11 is 7.41. The highest BCUT2D eigenvalue weighted by Crippen LogP contribution is 2.39. The Morgan fingerprint density at radius 1 is 1.19 bits per heavy atom. The zero-order chi connectivity index (χ0) is 16.0. The van der Waals surface area contributed by atoms with Crippen LogP contribution < -0.4 is 4.74 Å². The first-order chi connectivity index (χ1) is 9.75. The molecule has 2 nitrogen and oxygen atoms in total. The second-order valence-corrected chi connectivity index (χ2v) is 8.46. The molecule has 4 heteroatoms. The second kappa shape index (κ2) is 8.54. The molecule has 120 valence electrons. The van der Waals surface area contributed by atoms with E-state index in [9.17, 15) is 0 Å². The van der Waals surface area contributed by atoms with Gasteiger partial charge in [-0.15, -0.1) is 0 Å². The average Bonchev–Trinajstić information content (AvgIpc) is 2.39. The summed E-state index contributed by atoms with van der Waals surface area (Å²) in [7, 11) is 1.67. The van der Waals surface area contributed by atoms with Gasteiger partial charge in [0.1, 0.15) is 12.4 Å². The van der Waals surface area contributed by atoms with Crippen molar-refractivity contribution in [2.24, 2.45) is 11.3 Å². The van der Waals surface area contributed by atoms with Crippen LogP contribution in [0, 0.1) is 11.3 Å². The minimum absolute atomic E-state index is 0.326. The Hall–Kier alpha value is -0.0600. The van der Waals surface area contributed by atoms with E-state index in [0.29, 0.717) is 29.4 Å². The molecular formula is C17H26Br2O2. The van der Waals surface area contributed by atoms with Gasteiger partial charge in [0.05, 0.1) is 11.1 Å². The van der Waals surface area contributed by atoms with Crippen LogP contribution >= 0.6 is 31.9 Å². The lowest BCUT2D eigenvalue weighted by molar-refractivity contribution is 0.146. The molecule has 0 N–H and O–H groups in total. The lowest BCUT2D eigenvalue weighted by atomic mass is 9.79. The highest BCUT2D eigenvalue weighted by Gasteiger charge is 2.23. The van der Waals surface area contributed by atoms with Crippen LogP contribution in [0.1, 0.15) is 44.5 Å². The maximum Gasteiger partial charge on any atom is 0.133 e. The van der Waals surface area contributed by atoms with Crippen molar-refractivity contribution in [1.29, 1.82) is 0 Å². The number of rotatable bonds is 7. The van der Waals surface area contributed by atoms with Crippen LogP contribution in [0.5, 0.6) is 5.75 Å². The number of hydrogen-bond donors (Lipinski definition) is 0. The van der Waals surface area contributed by atoms with Gasteiger partial charge in [0.2, 0.25) is 0 Å². The van der Waals surface area contributed by atoms with Crippen LogP contribution in [0.25, 0.3) is 0 Å². The predicted octanol–water partition coefficient (Wildman–Crippen LogP) is 5.98. The van der Waals surface area contributed by atoms with Crippen LogP contribution in [0.4, 0.5) is 0 Å². The van der Waals surface area contributed by atoms with Crippen LogP contribution in [0.15, 0.2) is 22.7 Å². The molecule has 1 rings (SSSR count). The molecule has 0 bridgehead atoms. The molecule has 0 aromatic heterocycles. The number of benzene rings is 1. The molecule has 0 aliphatic heterocycles. The summed E-state index contributed by atoms with van der Waals surface area (Å²) < 4.78 is 11.6. The first-order valence-electron chi connectivity index (χ1n) is 7.31. The standard InChI is InChI=1S/C17H26Br2O2/c1-12(17(2,3)4)10-14(18)13-6-7-16(15(19)11-13)21-9-8-20-5/h6-7,11-12,14H,8-10H2,1-5H3. The summed E-state index contributed by atoms with van der Waals surface area (Å²) in [4.78, 5) is 0.357. The van der Waals surface area contributed by atoms with Crippen LogP contribution in [0.3, 0.4) is 0 Å². The van der Waals surface area contributed by atoms with E-state index in [-0.39, 0.29) is 0 Å². The van der Waals surface area contributed by atoms with E-state index in [1.165, 1.54) is 5.56 Å². The Bertz CT molecular complexity index is 441. The van der Waals surface area contributed by atoms with E-state index in [0.717, 1.165) is 16.6 Å². The minimum Gasteiger partial charge on any atom is -0.490 e. The Morgan fingerprint density at radius 3 is 2.38 bits per heavy atom. The van der Waals surface area contributed by atoms with Crippen LogP contribution in [0.2, 0.25) is 0 Å². The van der Waals surface area contributed by atoms with Crippen molar-refractivity contribution in [3.8, 4) is 5.75 Å². The molecule has 21 heavy (non-hydrogen) atoms. The maximum atomic E-state index is 5.66. The average molecular weight is 422 g/mol. The largest absolute Gasteiger partial charge is 0.490 e. The molecule has 2 atom stereocenters. The Balaban J connectivity index is 2.69. The molecule has 0 aliphatic carbocycles. The lowest BCUT2D eigenvalue weighted by Crippen LogP contribution is -2.18. The molecule has 0 saturated carbocycles. The molecule has 2 unspecified atom stereocenters. The number of alkyl halides is 1. The number of methoxy groups -OCH3 is 1. The van der Waals surface area contributed by atoms with Gasteiger partial charge in [0.25, 0.3) is 0 Å². The second-order valence-electron chi connectivity index (χ2n) is 6.50. The molecule has 0 radical (unpaired) electrons. The van der Waals surface area contributed by atoms with Gasteiger partial charge >= 0.3 is 0 Å². The number of ether oxygens (including phenoxy) is 2. The van der Waals surface area contributed by atoms with E-state index < -0.39 is 0 Å². The predicted molar refractivity (Wildman–Crippen MR) is 96.4 cm³/mol. The minimum atomic E-state index is 0.326. The maximum absolute atomic E-state index is 5.66. The molecule has 1 aromatic carbocycles. The summed E-state index contributed by atoms with van der Waals surface area (Å²) in [6, 6.07) is 6.28. The van der Waals surface area contributed by atoms with Crippen molar-refractivity contribution in [2.75, 3.05) is 20.3 Å². The van der Waals surface area contributed by atoms with Crippen LogP contribution in [-0.4, -0.2) is 20.3 Å². The quantitative estimate of drug-likeness (QED) is 0.398. The SMILES string of the molecule is COCCOc1ccc(C(Br)CC(C)C(C)(C)C)cc1Br. The van der Waals surface area contributed by atoms with E-state index in [2.05, 4.69) is 71.7 Å². The van der Waals surface area contributed by atoms with Crippen molar-refractivity contribution in [3.05, 3.63) is 28.2 Å². The van der Waals surface area contributed by atoms with Gasteiger partial charge in [-0.05, 0) is 51.4 Å². The molecule has 0 fully saturated rings. The highest BCUT2D eigenvalue weighted by atomic mass is 79.9. The van der Waals surface area contributed by atoms with Gasteiger partial charge < -0.3 is 9.47 Å². The zero-order valence-corrected chi connectivity index (χ0v) is 16.8. The normalized spacial score (nSPS) is 14.8. The van der Waals surface area contributed by atoms with E-state index in [1.807, 2.05) is 6.07 Å². The van der Waals surface area contributed by atoms with Crippen molar-refractivity contribution < 1.29 is 9.47 Å². The van der Waals surface area contributed by atoms with E-state index >= 15 is 0 Å². The van der Waals surface area contributed by atoms with Gasteiger partial charge in [-0.2, -0.15) is 0 Å². The third-order valence-electron chi connectivity index (χ3n) is 3.90. The van der Waals surface area contributed by atoms with Crippen molar-refractivity contribution in [1.82, 2.24) is 0 Å². The van der Waals surface area contributed by atoms with Crippen molar-refractivity contribution in [3.63, 3.8) is 0 Å². The van der Waals surface area contributed by atoms with E-state index in [1.54, 1.807) is 7.11 Å². The summed E-state index contributed by atoms with van der Waals surface area (Å²) in [5.41, 5.74) is 1.60. The summed E-state index contributed by atoms with van der Waals surface area (Å²) in [6.07, 6.45) is 1.11. The first kappa shape index (κ1) is 19.0. The Labute approximate surface area is 145 Å². The van der Waals surface area contributed by atoms with Gasteiger partial charge in [-0.25, -0.2) is 0 Å². The molecule has 0 heterocycles. The van der Waals surface area contributed by atoms with Crippen molar-refractivity contribution >= 4 is 31.9 Å². The first-order valence-corrected chi connectivity index (χ1v) is 9.01. The summed E-state index contributed by atoms with van der Waals surface area (Å²) in [5, 5.41) is 0. The third-order valence-corrected chi connectivity index (χ3v) is 5.42. The molecule has 0 spiro atoms. The van der Waals surface area contributed by atoms with E-state index in [4.69, 9.17) is 9.47 Å². The Morgan fingerprint density at radius 2 is 1.86 bits per heavy atom. The summed E-state index contributed by atoms with van der Waals surface area (Å²) in [5.74, 6) is 1.50. The van der Waals surface area contributed by atoms with Crippen molar-refractivity contribution in [2.45, 2.75) is 38.9 Å². The fraction of sp³-hybridized carbons (Fsp3) is 0.647. The molecule has 0 aliphatic rings. The smallest absolute Gasteiger partial charge is 0.133 e. The number of hydrogen-bond acceptors (Lipinski definition) is 2. The fourth-order valence-electron chi connectivity index (χ4n) is 1.86. The topological polar surface area (TPSA) is 18.5 Å².